The van der Waals surface area contributed by atoms with Crippen LogP contribution < -0.4 is 0 Å². The predicted molar refractivity (Wildman–Crippen MR) is 289 cm³/mol. The fourth-order valence-corrected chi connectivity index (χ4v) is 17.5. The molecule has 9 fully saturated rings. The molecule has 5 saturated heterocycles. The maximum atomic E-state index is 15.2. The molecule has 5 aliphatic heterocycles. The van der Waals surface area contributed by atoms with Crippen LogP contribution in [0, 0.1) is 50.2 Å². The summed E-state index contributed by atoms with van der Waals surface area (Å²) in [5, 5.41) is 172. The van der Waals surface area contributed by atoms with Crippen molar-refractivity contribution in [3.63, 3.8) is 0 Å². The normalized spacial score (nSPS) is 54.8. The van der Waals surface area contributed by atoms with Crippen molar-refractivity contribution in [2.75, 3.05) is 33.0 Å². The van der Waals surface area contributed by atoms with Crippen LogP contribution in [-0.2, 0) is 52.2 Å². The summed E-state index contributed by atoms with van der Waals surface area (Å²) < 4.78 is 59.1. The van der Waals surface area contributed by atoms with Crippen LogP contribution in [0.4, 0.5) is 0 Å². The molecule has 33 atom stereocenters. The zero-order chi connectivity index (χ0) is 62.7. The van der Waals surface area contributed by atoms with Crippen molar-refractivity contribution in [2.45, 2.75) is 266 Å². The van der Waals surface area contributed by atoms with Gasteiger partial charge in [0.05, 0.1) is 50.7 Å². The molecule has 0 bridgehead atoms. The highest BCUT2D eigenvalue weighted by atomic mass is 16.8. The average molecular weight is 1240 g/mol. The summed E-state index contributed by atoms with van der Waals surface area (Å²) in [6.07, 6.45) is -31.0. The molecule has 494 valence electrons. The molecule has 27 heteroatoms. The molecule has 0 aromatic heterocycles. The van der Waals surface area contributed by atoms with E-state index in [1.165, 1.54) is 12.5 Å². The van der Waals surface area contributed by atoms with Gasteiger partial charge >= 0.3 is 5.97 Å². The number of hydrogen-bond donors (Lipinski definition) is 16. The molecule has 10 rings (SSSR count). The Bertz CT molecular complexity index is 2390. The lowest BCUT2D eigenvalue weighted by atomic mass is 9.33. The van der Waals surface area contributed by atoms with Crippen LogP contribution in [0.3, 0.4) is 0 Å². The Balaban J connectivity index is 0.832. The SMILES string of the molecule is C[C@@H]1O[C@@H](OC[C@H]2O[C@@H](OC[C@H]3O[C@@H](OC(=O)[C@]45CCC(C)(C)C[C@H]4C4=CC[C@@H]6[C@@]7(C)CC[C@H](O[C@@H]8OC[C@H](O)[C@H](O)[C@H]8O[C@@H]8O[C@H](CO)[C@@H](O)[C@H](O)[C@H]8O)[C@@](C)(CO)[C@@H]7CC[C@@]6(C)[C@]4(C)CC5)[C@H](O)[C@@H](O)[C@@H]3O)[C@H](O)[C@@H](O)[C@@H]2O)[C@H](O)[C@H](O)[C@H]1O. The molecule has 5 aliphatic carbocycles. The number of carbonyl (C=O) groups is 1. The summed E-state index contributed by atoms with van der Waals surface area (Å²) in [6, 6.07) is 0. The number of hydrogen-bond acceptors (Lipinski definition) is 27. The van der Waals surface area contributed by atoms with Crippen LogP contribution in [0.25, 0.3) is 0 Å². The average Bonchev–Trinajstić information content (AvgIpc) is 0.680. The Morgan fingerprint density at radius 2 is 1.10 bits per heavy atom. The van der Waals surface area contributed by atoms with Gasteiger partial charge in [-0.3, -0.25) is 4.79 Å². The molecule has 0 radical (unpaired) electrons. The Morgan fingerprint density at radius 1 is 0.558 bits per heavy atom. The summed E-state index contributed by atoms with van der Waals surface area (Å²) in [4.78, 5) is 15.2. The summed E-state index contributed by atoms with van der Waals surface area (Å²) in [5.74, 6) is -0.933. The van der Waals surface area contributed by atoms with Crippen molar-refractivity contribution >= 4 is 5.97 Å². The van der Waals surface area contributed by atoms with Crippen molar-refractivity contribution in [3.05, 3.63) is 11.6 Å². The lowest BCUT2D eigenvalue weighted by Gasteiger charge is -2.71. The van der Waals surface area contributed by atoms with Gasteiger partial charge in [0.2, 0.25) is 6.29 Å². The van der Waals surface area contributed by atoms with Gasteiger partial charge in [-0.05, 0) is 111 Å². The molecule has 5 heterocycles. The van der Waals surface area contributed by atoms with E-state index in [9.17, 15) is 81.7 Å². The van der Waals surface area contributed by atoms with E-state index in [1.54, 1.807) is 0 Å². The van der Waals surface area contributed by atoms with Gasteiger partial charge < -0.3 is 129 Å². The first-order valence-electron chi connectivity index (χ1n) is 30.8. The number of aliphatic hydroxyl groups excluding tert-OH is 16. The van der Waals surface area contributed by atoms with Gasteiger partial charge in [0.15, 0.2) is 25.2 Å². The van der Waals surface area contributed by atoms with Gasteiger partial charge in [0.1, 0.15) is 110 Å². The van der Waals surface area contributed by atoms with Gasteiger partial charge in [-0.15, -0.1) is 0 Å². The molecular formula is C59H96O27. The molecule has 4 saturated carbocycles. The van der Waals surface area contributed by atoms with E-state index >= 15 is 4.79 Å². The second-order valence-electron chi connectivity index (χ2n) is 28.5. The van der Waals surface area contributed by atoms with Gasteiger partial charge in [-0.25, -0.2) is 0 Å². The number of allylic oxidation sites excluding steroid dienone is 2. The smallest absolute Gasteiger partial charge is 0.315 e. The zero-order valence-electron chi connectivity index (χ0n) is 50.0. The van der Waals surface area contributed by atoms with E-state index in [0.717, 1.165) is 6.42 Å². The number of aliphatic hydroxyl groups is 16. The van der Waals surface area contributed by atoms with Gasteiger partial charge in [0.25, 0.3) is 0 Å². The standard InChI is InChI=1S/C59H96O27/c1-24-34(63)39(68)43(72)48(80-24)78-21-29-37(66)41(70)44(73)49(82-29)79-22-30-38(67)42(71)46(75)51(83-30)86-53(76)59-16-14-54(2,3)18-26(59)25-8-9-32-55(4)12-11-33(56(5,23-61)31(55)10-13-58(32,7)57(25,6)15-17-59)84-52-47(35(64)27(62)20-77-52)85-50-45(74)40(69)36(65)28(19-60)81-50/h8,24,26-52,60-75H,9-23H2,1-7H3/t24-,26-,27-,28+,29+,30+,31+,32+,33-,34-,35-,36+,37+,38+,39+,40-,41-,42-,43+,44+,45+,46+,47+,48+,49+,50-,51-,52-,55-,56-,57+,58+,59-/m0/s1. The Labute approximate surface area is 499 Å². The Hall–Kier alpha value is -1.79. The fourth-order valence-electron chi connectivity index (χ4n) is 17.5. The summed E-state index contributed by atoms with van der Waals surface area (Å²) in [6.45, 7) is 12.2. The molecule has 0 spiro atoms. The molecule has 0 aromatic carbocycles. The second kappa shape index (κ2) is 24.9. The zero-order valence-corrected chi connectivity index (χ0v) is 50.0. The van der Waals surface area contributed by atoms with E-state index in [2.05, 4.69) is 40.7 Å². The minimum absolute atomic E-state index is 0.0953. The maximum Gasteiger partial charge on any atom is 0.315 e. The molecule has 0 amide bonds. The van der Waals surface area contributed by atoms with Crippen LogP contribution >= 0.6 is 0 Å². The van der Waals surface area contributed by atoms with E-state index in [0.29, 0.717) is 57.8 Å². The minimum atomic E-state index is -1.91. The first kappa shape index (κ1) is 67.1. The molecular weight excluding hydrogens is 1140 g/mol. The number of fused-ring (bicyclic) bond motifs is 7. The Morgan fingerprint density at radius 3 is 1.72 bits per heavy atom. The maximum absolute atomic E-state index is 15.2. The highest BCUT2D eigenvalue weighted by molar-refractivity contribution is 5.79. The van der Waals surface area contributed by atoms with Crippen LogP contribution in [0.1, 0.15) is 113 Å². The quantitative estimate of drug-likeness (QED) is 0.0454. The summed E-state index contributed by atoms with van der Waals surface area (Å²) >= 11 is 0. The summed E-state index contributed by atoms with van der Waals surface area (Å²) in [7, 11) is 0. The molecule has 0 aromatic rings. The Kier molecular flexibility index (Phi) is 19.4. The third kappa shape index (κ3) is 11.3. The topological polar surface area (TPSA) is 433 Å². The van der Waals surface area contributed by atoms with Gasteiger partial charge in [-0.2, -0.15) is 0 Å². The molecule has 86 heavy (non-hydrogen) atoms. The first-order valence-corrected chi connectivity index (χ1v) is 30.8. The van der Waals surface area contributed by atoms with E-state index in [4.69, 9.17) is 47.4 Å². The first-order chi connectivity index (χ1) is 40.3. The van der Waals surface area contributed by atoms with Crippen molar-refractivity contribution in [1.82, 2.24) is 0 Å². The largest absolute Gasteiger partial charge is 0.432 e. The van der Waals surface area contributed by atoms with E-state index in [1.807, 2.05) is 6.92 Å². The molecule has 10 aliphatic rings. The van der Waals surface area contributed by atoms with Crippen molar-refractivity contribution in [2.24, 2.45) is 50.2 Å². The van der Waals surface area contributed by atoms with Crippen LogP contribution in [-0.4, -0.2) is 274 Å². The number of ether oxygens (including phenoxy) is 10. The number of rotatable bonds is 14. The third-order valence-electron chi connectivity index (χ3n) is 23.2. The monoisotopic (exact) mass is 1240 g/mol. The second-order valence-corrected chi connectivity index (χ2v) is 28.5. The lowest BCUT2D eigenvalue weighted by Crippen LogP contribution is -2.67. The van der Waals surface area contributed by atoms with E-state index in [-0.39, 0.29) is 47.2 Å². The highest BCUT2D eigenvalue weighted by Gasteiger charge is 2.71. The highest BCUT2D eigenvalue weighted by Crippen LogP contribution is 2.76. The van der Waals surface area contributed by atoms with Gasteiger partial charge in [-0.1, -0.05) is 53.2 Å². The van der Waals surface area contributed by atoms with Crippen molar-refractivity contribution < 1.29 is 134 Å². The van der Waals surface area contributed by atoms with Crippen LogP contribution in [0.5, 0.6) is 0 Å². The van der Waals surface area contributed by atoms with Gasteiger partial charge in [0, 0.05) is 5.41 Å². The van der Waals surface area contributed by atoms with Crippen LogP contribution in [0.15, 0.2) is 11.6 Å². The van der Waals surface area contributed by atoms with Crippen molar-refractivity contribution in [1.29, 1.82) is 0 Å². The van der Waals surface area contributed by atoms with E-state index < -0.39 is 196 Å². The predicted octanol–water partition coefficient (Wildman–Crippen LogP) is -3.57. The molecule has 27 nitrogen and oxygen atoms in total. The van der Waals surface area contributed by atoms with Crippen LogP contribution in [0.2, 0.25) is 0 Å². The molecule has 0 unspecified atom stereocenters. The molecule has 16 N–H and O–H groups in total. The summed E-state index contributed by atoms with van der Waals surface area (Å²) in [5.41, 5.74) is -2.06. The lowest BCUT2D eigenvalue weighted by molar-refractivity contribution is -0.368. The minimum Gasteiger partial charge on any atom is -0.432 e. The number of carbonyl (C=O) groups excluding carboxylic acids is 1. The third-order valence-corrected chi connectivity index (χ3v) is 23.2. The van der Waals surface area contributed by atoms with Crippen molar-refractivity contribution in [3.8, 4) is 0 Å². The fraction of sp³-hybridized carbons (Fsp3) is 0.949. The number of esters is 1.